The average molecular weight is 367 g/mol. The summed E-state index contributed by atoms with van der Waals surface area (Å²) in [5.74, 6) is 0.182. The van der Waals surface area contributed by atoms with Crippen LogP contribution < -0.4 is 0 Å². The first-order valence-electron chi connectivity index (χ1n) is 7.28. The van der Waals surface area contributed by atoms with E-state index in [0.29, 0.717) is 5.76 Å². The average Bonchev–Trinajstić information content (AvgIpc) is 2.59. The van der Waals surface area contributed by atoms with Crippen LogP contribution in [0.15, 0.2) is 72.8 Å². The number of carbonyl (C=O) groups is 1. The maximum atomic E-state index is 11.6. The van der Waals surface area contributed by atoms with Gasteiger partial charge in [-0.1, -0.05) is 72.8 Å². The Balaban J connectivity index is 2.26. The van der Waals surface area contributed by atoms with E-state index < -0.39 is 0 Å². The van der Waals surface area contributed by atoms with E-state index in [2.05, 4.69) is 15.9 Å². The highest BCUT2D eigenvalue weighted by Gasteiger charge is 2.15. The lowest BCUT2D eigenvalue weighted by molar-refractivity contribution is -0.134. The summed E-state index contributed by atoms with van der Waals surface area (Å²) in [5, 5.41) is 2.14. The molecule has 0 amide bonds. The van der Waals surface area contributed by atoms with Crippen molar-refractivity contribution in [2.24, 2.45) is 0 Å². The Morgan fingerprint density at radius 3 is 2.26 bits per heavy atom. The van der Waals surface area contributed by atoms with Crippen molar-refractivity contribution in [3.63, 3.8) is 0 Å². The molecule has 23 heavy (non-hydrogen) atoms. The van der Waals surface area contributed by atoms with E-state index in [9.17, 15) is 4.79 Å². The molecular formula is C20H15BrO2. The first-order valence-corrected chi connectivity index (χ1v) is 8.08. The highest BCUT2D eigenvalue weighted by Crippen LogP contribution is 2.35. The fourth-order valence-corrected chi connectivity index (χ4v) is 3.06. The number of fused-ring (bicyclic) bond motifs is 1. The molecule has 0 bridgehead atoms. The zero-order chi connectivity index (χ0) is 16.2. The predicted octanol–water partition coefficient (Wildman–Crippen LogP) is 5.62. The summed E-state index contributed by atoms with van der Waals surface area (Å²) in [6.07, 6.45) is 0. The molecule has 0 saturated carbocycles. The van der Waals surface area contributed by atoms with Crippen LogP contribution in [-0.4, -0.2) is 5.97 Å². The molecule has 2 nitrogen and oxygen atoms in total. The van der Waals surface area contributed by atoms with E-state index in [1.54, 1.807) is 0 Å². The molecular weight excluding hydrogens is 352 g/mol. The quantitative estimate of drug-likeness (QED) is 0.341. The number of benzene rings is 3. The molecule has 0 saturated heterocycles. The molecule has 0 aromatic heterocycles. The van der Waals surface area contributed by atoms with Crippen molar-refractivity contribution >= 4 is 42.9 Å². The molecule has 3 aromatic rings. The van der Waals surface area contributed by atoms with Crippen molar-refractivity contribution in [2.45, 2.75) is 6.92 Å². The number of hydrogen-bond acceptors (Lipinski definition) is 2. The van der Waals surface area contributed by atoms with Crippen LogP contribution in [0.5, 0.6) is 0 Å². The van der Waals surface area contributed by atoms with Crippen LogP contribution in [0.2, 0.25) is 0 Å². The SMILES string of the molecule is CC(=O)O/C(=C(/Br)c1ccccc1)c1cccc2ccccc12. The van der Waals surface area contributed by atoms with Gasteiger partial charge in [0.2, 0.25) is 0 Å². The normalized spacial score (nSPS) is 11.9. The molecule has 0 fully saturated rings. The Morgan fingerprint density at radius 2 is 1.52 bits per heavy atom. The van der Waals surface area contributed by atoms with Crippen LogP contribution in [-0.2, 0) is 9.53 Å². The lowest BCUT2D eigenvalue weighted by Gasteiger charge is -2.13. The van der Waals surface area contributed by atoms with Gasteiger partial charge in [0.1, 0.15) is 0 Å². The molecule has 0 radical (unpaired) electrons. The maximum absolute atomic E-state index is 11.6. The minimum atomic E-state index is -0.346. The molecule has 3 aromatic carbocycles. The molecule has 0 unspecified atom stereocenters. The first kappa shape index (κ1) is 15.5. The van der Waals surface area contributed by atoms with E-state index in [-0.39, 0.29) is 5.97 Å². The third-order valence-corrected chi connectivity index (χ3v) is 4.32. The zero-order valence-corrected chi connectivity index (χ0v) is 14.2. The predicted molar refractivity (Wildman–Crippen MR) is 97.9 cm³/mol. The molecule has 0 N–H and O–H groups in total. The minimum absolute atomic E-state index is 0.346. The number of halogens is 1. The van der Waals surface area contributed by atoms with Crippen molar-refractivity contribution in [1.82, 2.24) is 0 Å². The second-order valence-electron chi connectivity index (χ2n) is 5.13. The van der Waals surface area contributed by atoms with Gasteiger partial charge in [-0.2, -0.15) is 0 Å². The standard InChI is InChI=1S/C20H15BrO2/c1-14(22)23-20(19(21)16-9-3-2-4-10-16)18-13-7-11-15-8-5-6-12-17(15)18/h2-13H,1H3/b20-19+. The Kier molecular flexibility index (Phi) is 4.58. The monoisotopic (exact) mass is 366 g/mol. The van der Waals surface area contributed by atoms with Crippen LogP contribution in [0.1, 0.15) is 18.1 Å². The molecule has 114 valence electrons. The van der Waals surface area contributed by atoms with Gasteiger partial charge in [0.25, 0.3) is 0 Å². The maximum Gasteiger partial charge on any atom is 0.308 e. The van der Waals surface area contributed by atoms with Crippen LogP contribution >= 0.6 is 15.9 Å². The van der Waals surface area contributed by atoms with E-state index in [0.717, 1.165) is 26.4 Å². The van der Waals surface area contributed by atoms with Gasteiger partial charge in [0.15, 0.2) is 5.76 Å². The Labute approximate surface area is 143 Å². The topological polar surface area (TPSA) is 26.3 Å². The summed E-state index contributed by atoms with van der Waals surface area (Å²) in [4.78, 5) is 11.6. The molecule has 3 rings (SSSR count). The lowest BCUT2D eigenvalue weighted by Crippen LogP contribution is -2.01. The third kappa shape index (κ3) is 3.35. The van der Waals surface area contributed by atoms with Crippen molar-refractivity contribution < 1.29 is 9.53 Å². The Bertz CT molecular complexity index is 877. The van der Waals surface area contributed by atoms with Gasteiger partial charge < -0.3 is 4.74 Å². The van der Waals surface area contributed by atoms with E-state index in [4.69, 9.17) is 4.74 Å². The number of carbonyl (C=O) groups excluding carboxylic acids is 1. The fraction of sp³-hybridized carbons (Fsp3) is 0.0500. The Hall–Kier alpha value is -2.39. The number of rotatable bonds is 3. The smallest absolute Gasteiger partial charge is 0.308 e. The molecule has 0 atom stereocenters. The number of esters is 1. The molecule has 0 heterocycles. The van der Waals surface area contributed by atoms with Crippen LogP contribution in [0, 0.1) is 0 Å². The van der Waals surface area contributed by atoms with Crippen molar-refractivity contribution in [2.75, 3.05) is 0 Å². The van der Waals surface area contributed by atoms with E-state index >= 15 is 0 Å². The molecule has 0 spiro atoms. The molecule has 0 aliphatic rings. The van der Waals surface area contributed by atoms with Gasteiger partial charge in [0.05, 0.1) is 4.48 Å². The third-order valence-electron chi connectivity index (χ3n) is 3.51. The van der Waals surface area contributed by atoms with Gasteiger partial charge in [-0.3, -0.25) is 4.79 Å². The van der Waals surface area contributed by atoms with Gasteiger partial charge in [0, 0.05) is 12.5 Å². The molecule has 3 heteroatoms. The van der Waals surface area contributed by atoms with Crippen molar-refractivity contribution in [1.29, 1.82) is 0 Å². The fourth-order valence-electron chi connectivity index (χ4n) is 2.50. The second-order valence-corrected chi connectivity index (χ2v) is 5.92. The van der Waals surface area contributed by atoms with E-state index in [1.165, 1.54) is 6.92 Å². The van der Waals surface area contributed by atoms with Crippen molar-refractivity contribution in [3.8, 4) is 0 Å². The lowest BCUT2D eigenvalue weighted by atomic mass is 10.0. The Morgan fingerprint density at radius 1 is 0.870 bits per heavy atom. The van der Waals surface area contributed by atoms with Crippen LogP contribution in [0.3, 0.4) is 0 Å². The van der Waals surface area contributed by atoms with Crippen LogP contribution in [0.25, 0.3) is 21.0 Å². The van der Waals surface area contributed by atoms with Gasteiger partial charge >= 0.3 is 5.97 Å². The molecule has 0 aliphatic carbocycles. The van der Waals surface area contributed by atoms with E-state index in [1.807, 2.05) is 72.8 Å². The largest absolute Gasteiger partial charge is 0.425 e. The van der Waals surface area contributed by atoms with Gasteiger partial charge in [-0.05, 0) is 32.3 Å². The van der Waals surface area contributed by atoms with Crippen LogP contribution in [0.4, 0.5) is 0 Å². The minimum Gasteiger partial charge on any atom is -0.425 e. The van der Waals surface area contributed by atoms with Gasteiger partial charge in [-0.15, -0.1) is 0 Å². The number of hydrogen-bond donors (Lipinski definition) is 0. The summed E-state index contributed by atoms with van der Waals surface area (Å²) >= 11 is 3.61. The summed E-state index contributed by atoms with van der Waals surface area (Å²) in [7, 11) is 0. The van der Waals surface area contributed by atoms with Gasteiger partial charge in [-0.25, -0.2) is 0 Å². The summed E-state index contributed by atoms with van der Waals surface area (Å²) in [6.45, 7) is 1.41. The van der Waals surface area contributed by atoms with Crippen molar-refractivity contribution in [3.05, 3.63) is 83.9 Å². The summed E-state index contributed by atoms with van der Waals surface area (Å²) in [6, 6.07) is 23.8. The summed E-state index contributed by atoms with van der Waals surface area (Å²) < 4.78 is 6.31. The second kappa shape index (κ2) is 6.80. The summed E-state index contributed by atoms with van der Waals surface area (Å²) in [5.41, 5.74) is 1.84. The zero-order valence-electron chi connectivity index (χ0n) is 12.6. The highest BCUT2D eigenvalue weighted by molar-refractivity contribution is 9.15. The highest BCUT2D eigenvalue weighted by atomic mass is 79.9. The number of ether oxygens (including phenoxy) is 1. The molecule has 0 aliphatic heterocycles. The first-order chi connectivity index (χ1) is 11.2.